The van der Waals surface area contributed by atoms with Gasteiger partial charge < -0.3 is 5.73 Å². The van der Waals surface area contributed by atoms with Crippen molar-refractivity contribution in [1.29, 1.82) is 0 Å². The molecule has 0 bridgehead atoms. The van der Waals surface area contributed by atoms with Gasteiger partial charge in [-0.05, 0) is 19.3 Å². The highest BCUT2D eigenvalue weighted by Gasteiger charge is 2.20. The van der Waals surface area contributed by atoms with Crippen molar-refractivity contribution in [3.05, 3.63) is 11.9 Å². The van der Waals surface area contributed by atoms with Gasteiger partial charge in [0.15, 0.2) is 0 Å². The van der Waals surface area contributed by atoms with Crippen LogP contribution in [-0.2, 0) is 6.54 Å². The molecule has 1 saturated carbocycles. The van der Waals surface area contributed by atoms with E-state index in [0.29, 0.717) is 12.6 Å². The van der Waals surface area contributed by atoms with Crippen molar-refractivity contribution in [2.75, 3.05) is 0 Å². The van der Waals surface area contributed by atoms with E-state index in [2.05, 4.69) is 10.3 Å². The Morgan fingerprint density at radius 3 is 2.91 bits per heavy atom. The Morgan fingerprint density at radius 1 is 1.64 bits per heavy atom. The predicted octanol–water partition coefficient (Wildman–Crippen LogP) is 0.462. The lowest BCUT2D eigenvalue weighted by Gasteiger charge is -2.24. The van der Waals surface area contributed by atoms with Gasteiger partial charge in [-0.15, -0.1) is 5.10 Å². The van der Waals surface area contributed by atoms with E-state index in [9.17, 15) is 0 Å². The number of aromatic nitrogens is 3. The number of hydrogen-bond donors (Lipinski definition) is 1. The summed E-state index contributed by atoms with van der Waals surface area (Å²) in [6.45, 7) is 0.493. The van der Waals surface area contributed by atoms with E-state index in [4.69, 9.17) is 5.73 Å². The molecular formula is C7H12N4. The van der Waals surface area contributed by atoms with Crippen molar-refractivity contribution in [2.24, 2.45) is 5.73 Å². The zero-order valence-electron chi connectivity index (χ0n) is 6.40. The van der Waals surface area contributed by atoms with Gasteiger partial charge in [0.25, 0.3) is 0 Å². The van der Waals surface area contributed by atoms with Gasteiger partial charge in [-0.1, -0.05) is 5.21 Å². The first-order chi connectivity index (χ1) is 5.40. The molecule has 1 aliphatic rings. The van der Waals surface area contributed by atoms with Gasteiger partial charge in [0.05, 0.1) is 17.9 Å². The Balaban J connectivity index is 2.11. The van der Waals surface area contributed by atoms with Gasteiger partial charge in [-0.2, -0.15) is 0 Å². The molecule has 1 heterocycles. The molecule has 1 aromatic rings. The maximum absolute atomic E-state index is 5.41. The molecule has 1 aromatic heterocycles. The molecule has 0 radical (unpaired) electrons. The molecule has 0 aliphatic heterocycles. The molecule has 11 heavy (non-hydrogen) atoms. The third-order valence-corrected chi connectivity index (χ3v) is 2.22. The Hall–Kier alpha value is -0.900. The highest BCUT2D eigenvalue weighted by Crippen LogP contribution is 2.30. The van der Waals surface area contributed by atoms with E-state index >= 15 is 0 Å². The molecule has 2 N–H and O–H groups in total. The van der Waals surface area contributed by atoms with E-state index in [1.54, 1.807) is 0 Å². The first-order valence-electron chi connectivity index (χ1n) is 4.01. The summed E-state index contributed by atoms with van der Waals surface area (Å²) in [5, 5.41) is 7.92. The summed E-state index contributed by atoms with van der Waals surface area (Å²) in [5.41, 5.74) is 6.29. The van der Waals surface area contributed by atoms with Gasteiger partial charge in [-0.3, -0.25) is 0 Å². The monoisotopic (exact) mass is 152 g/mol. The SMILES string of the molecule is NCc1cn(C2CCC2)nn1. The smallest absolute Gasteiger partial charge is 0.0962 e. The van der Waals surface area contributed by atoms with Crippen LogP contribution < -0.4 is 5.73 Å². The molecular weight excluding hydrogens is 140 g/mol. The highest BCUT2D eigenvalue weighted by molar-refractivity contribution is 4.93. The fourth-order valence-electron chi connectivity index (χ4n) is 1.24. The first-order valence-corrected chi connectivity index (χ1v) is 4.01. The molecule has 1 aliphatic carbocycles. The summed E-state index contributed by atoms with van der Waals surface area (Å²) >= 11 is 0. The van der Waals surface area contributed by atoms with Crippen LogP contribution in [0, 0.1) is 0 Å². The second-order valence-electron chi connectivity index (χ2n) is 2.98. The first kappa shape index (κ1) is 6.79. The Labute approximate surface area is 65.4 Å². The second-order valence-corrected chi connectivity index (χ2v) is 2.98. The zero-order chi connectivity index (χ0) is 7.68. The Bertz CT molecular complexity index is 238. The summed E-state index contributed by atoms with van der Waals surface area (Å²) in [5.74, 6) is 0. The van der Waals surface area contributed by atoms with Crippen LogP contribution in [-0.4, -0.2) is 15.0 Å². The minimum absolute atomic E-state index is 0.493. The molecule has 0 aromatic carbocycles. The fraction of sp³-hybridized carbons (Fsp3) is 0.714. The van der Waals surface area contributed by atoms with Crippen LogP contribution in [0.15, 0.2) is 6.20 Å². The average molecular weight is 152 g/mol. The quantitative estimate of drug-likeness (QED) is 0.669. The van der Waals surface area contributed by atoms with E-state index in [1.165, 1.54) is 19.3 Å². The Morgan fingerprint density at radius 2 is 2.45 bits per heavy atom. The maximum atomic E-state index is 5.41. The van der Waals surface area contributed by atoms with E-state index < -0.39 is 0 Å². The van der Waals surface area contributed by atoms with Gasteiger partial charge in [0.1, 0.15) is 0 Å². The lowest BCUT2D eigenvalue weighted by molar-refractivity contribution is 0.284. The summed E-state index contributed by atoms with van der Waals surface area (Å²) in [6.07, 6.45) is 5.76. The molecule has 0 saturated heterocycles. The fourth-order valence-corrected chi connectivity index (χ4v) is 1.24. The predicted molar refractivity (Wildman–Crippen MR) is 40.8 cm³/mol. The van der Waals surface area contributed by atoms with Crippen LogP contribution in [0.25, 0.3) is 0 Å². The number of nitrogens with zero attached hydrogens (tertiary/aromatic N) is 3. The van der Waals surface area contributed by atoms with E-state index in [0.717, 1.165) is 5.69 Å². The van der Waals surface area contributed by atoms with E-state index in [-0.39, 0.29) is 0 Å². The molecule has 0 amide bonds. The van der Waals surface area contributed by atoms with E-state index in [1.807, 2.05) is 10.9 Å². The van der Waals surface area contributed by atoms with Crippen molar-refractivity contribution >= 4 is 0 Å². The van der Waals surface area contributed by atoms with Crippen LogP contribution in [0.3, 0.4) is 0 Å². The molecule has 0 unspecified atom stereocenters. The molecule has 0 atom stereocenters. The largest absolute Gasteiger partial charge is 0.325 e. The number of rotatable bonds is 2. The van der Waals surface area contributed by atoms with Gasteiger partial charge in [0, 0.05) is 6.54 Å². The summed E-state index contributed by atoms with van der Waals surface area (Å²) in [7, 11) is 0. The van der Waals surface area contributed by atoms with Crippen LogP contribution >= 0.6 is 0 Å². The van der Waals surface area contributed by atoms with Crippen molar-refractivity contribution in [1.82, 2.24) is 15.0 Å². The topological polar surface area (TPSA) is 56.7 Å². The third kappa shape index (κ3) is 1.14. The summed E-state index contributed by atoms with van der Waals surface area (Å²) in [4.78, 5) is 0. The lowest BCUT2D eigenvalue weighted by atomic mass is 9.93. The van der Waals surface area contributed by atoms with Crippen LogP contribution in [0.1, 0.15) is 31.0 Å². The standard InChI is InChI=1S/C7H12N4/c8-4-6-5-11(10-9-6)7-2-1-3-7/h5,7H,1-4,8H2. The second kappa shape index (κ2) is 2.62. The Kier molecular flexibility index (Phi) is 1.62. The van der Waals surface area contributed by atoms with Crippen LogP contribution in [0.5, 0.6) is 0 Å². The minimum Gasteiger partial charge on any atom is -0.325 e. The van der Waals surface area contributed by atoms with Crippen LogP contribution in [0.2, 0.25) is 0 Å². The van der Waals surface area contributed by atoms with Gasteiger partial charge in [-0.25, -0.2) is 4.68 Å². The molecule has 60 valence electrons. The van der Waals surface area contributed by atoms with Crippen LogP contribution in [0.4, 0.5) is 0 Å². The third-order valence-electron chi connectivity index (χ3n) is 2.22. The number of hydrogen-bond acceptors (Lipinski definition) is 3. The lowest BCUT2D eigenvalue weighted by Crippen LogP contribution is -2.17. The highest BCUT2D eigenvalue weighted by atomic mass is 15.4. The van der Waals surface area contributed by atoms with Crippen molar-refractivity contribution in [2.45, 2.75) is 31.8 Å². The van der Waals surface area contributed by atoms with Crippen molar-refractivity contribution in [3.8, 4) is 0 Å². The summed E-state index contributed by atoms with van der Waals surface area (Å²) < 4.78 is 1.94. The average Bonchev–Trinajstić information content (AvgIpc) is 2.32. The maximum Gasteiger partial charge on any atom is 0.0962 e. The molecule has 4 nitrogen and oxygen atoms in total. The van der Waals surface area contributed by atoms with Gasteiger partial charge >= 0.3 is 0 Å². The molecule has 1 fully saturated rings. The summed E-state index contributed by atoms with van der Waals surface area (Å²) in [6, 6.07) is 0.600. The molecule has 0 spiro atoms. The minimum atomic E-state index is 0.493. The van der Waals surface area contributed by atoms with Crippen molar-refractivity contribution < 1.29 is 0 Å². The van der Waals surface area contributed by atoms with Gasteiger partial charge in [0.2, 0.25) is 0 Å². The molecule has 4 heteroatoms. The van der Waals surface area contributed by atoms with Crippen molar-refractivity contribution in [3.63, 3.8) is 0 Å². The number of nitrogens with two attached hydrogens (primary N) is 1. The molecule has 2 rings (SSSR count). The zero-order valence-corrected chi connectivity index (χ0v) is 6.40. The normalized spacial score (nSPS) is 18.3.